The van der Waals surface area contributed by atoms with Gasteiger partial charge in [-0.2, -0.15) is 10.2 Å². The summed E-state index contributed by atoms with van der Waals surface area (Å²) in [6.07, 6.45) is 3.95. The Morgan fingerprint density at radius 2 is 2.33 bits per heavy atom. The molecule has 4 nitrogen and oxygen atoms in total. The molecule has 0 aliphatic rings. The summed E-state index contributed by atoms with van der Waals surface area (Å²) >= 11 is 5.10. The average molecular weight is 224 g/mol. The average Bonchev–Trinajstić information content (AvgIpc) is 2.28. The molecule has 0 saturated carbocycles. The van der Waals surface area contributed by atoms with Gasteiger partial charge in [0, 0.05) is 12.7 Å². The molecule has 0 fully saturated rings. The largest absolute Gasteiger partial charge is 0.363 e. The van der Waals surface area contributed by atoms with Gasteiger partial charge in [0.05, 0.1) is 12.2 Å². The number of unbranched alkanes of at least 4 members (excludes halogenated alkanes) is 1. The summed E-state index contributed by atoms with van der Waals surface area (Å²) in [4.78, 5) is 0. The molecule has 0 aromatic carbocycles. The highest BCUT2D eigenvalue weighted by Gasteiger charge is 1.96. The van der Waals surface area contributed by atoms with Crippen LogP contribution in [0.3, 0.4) is 0 Å². The molecule has 1 heterocycles. The van der Waals surface area contributed by atoms with Crippen molar-refractivity contribution in [2.45, 2.75) is 26.3 Å². The van der Waals surface area contributed by atoms with E-state index in [0.29, 0.717) is 11.7 Å². The number of nitrogens with one attached hydrogen (secondary N) is 2. The molecule has 0 bridgehead atoms. The maximum atomic E-state index is 5.10. The van der Waals surface area contributed by atoms with Crippen LogP contribution in [-0.2, 0) is 6.54 Å². The second kappa shape index (κ2) is 7.11. The number of nitrogens with zero attached hydrogens (tertiary/aromatic N) is 2. The zero-order valence-electron chi connectivity index (χ0n) is 8.86. The lowest BCUT2D eigenvalue weighted by atomic mass is 10.3. The predicted molar refractivity (Wildman–Crippen MR) is 64.4 cm³/mol. The summed E-state index contributed by atoms with van der Waals surface area (Å²) in [5.41, 5.74) is 0.886. The van der Waals surface area contributed by atoms with E-state index in [1.54, 1.807) is 6.20 Å². The van der Waals surface area contributed by atoms with E-state index in [-0.39, 0.29) is 0 Å². The first kappa shape index (κ1) is 11.8. The van der Waals surface area contributed by atoms with Gasteiger partial charge in [0.2, 0.25) is 0 Å². The van der Waals surface area contributed by atoms with Crippen LogP contribution < -0.4 is 10.6 Å². The first-order valence-electron chi connectivity index (χ1n) is 5.11. The molecule has 0 aliphatic heterocycles. The fourth-order valence-electron chi connectivity index (χ4n) is 1.04. The summed E-state index contributed by atoms with van der Waals surface area (Å²) in [7, 11) is 0. The second-order valence-corrected chi connectivity index (χ2v) is 3.59. The van der Waals surface area contributed by atoms with Crippen LogP contribution in [0.2, 0.25) is 0 Å². The van der Waals surface area contributed by atoms with Crippen molar-refractivity contribution in [3.8, 4) is 0 Å². The fourth-order valence-corrected chi connectivity index (χ4v) is 1.21. The number of aromatic nitrogens is 2. The second-order valence-electron chi connectivity index (χ2n) is 3.18. The summed E-state index contributed by atoms with van der Waals surface area (Å²) in [6, 6.07) is 3.77. The van der Waals surface area contributed by atoms with E-state index >= 15 is 0 Å². The molecule has 1 rings (SSSR count). The maximum Gasteiger partial charge on any atom is 0.166 e. The van der Waals surface area contributed by atoms with Gasteiger partial charge in [0.1, 0.15) is 0 Å². The lowest BCUT2D eigenvalue weighted by Crippen LogP contribution is -2.35. The summed E-state index contributed by atoms with van der Waals surface area (Å²) < 4.78 is 0. The van der Waals surface area contributed by atoms with Gasteiger partial charge in [-0.15, -0.1) is 0 Å². The van der Waals surface area contributed by atoms with Crippen molar-refractivity contribution in [1.29, 1.82) is 0 Å². The van der Waals surface area contributed by atoms with E-state index in [1.807, 2.05) is 12.1 Å². The normalized spacial score (nSPS) is 9.67. The van der Waals surface area contributed by atoms with Gasteiger partial charge in [-0.1, -0.05) is 13.3 Å². The predicted octanol–water partition coefficient (Wildman–Crippen LogP) is 1.24. The van der Waals surface area contributed by atoms with Gasteiger partial charge in [-0.05, 0) is 30.8 Å². The molecule has 0 unspecified atom stereocenters. The van der Waals surface area contributed by atoms with Gasteiger partial charge in [0.15, 0.2) is 5.11 Å². The Balaban J connectivity index is 2.17. The summed E-state index contributed by atoms with van der Waals surface area (Å²) in [5, 5.41) is 14.6. The van der Waals surface area contributed by atoms with Gasteiger partial charge < -0.3 is 10.6 Å². The number of rotatable bonds is 5. The highest BCUT2D eigenvalue weighted by Crippen LogP contribution is 1.89. The molecule has 0 spiro atoms. The minimum Gasteiger partial charge on any atom is -0.363 e. The minimum absolute atomic E-state index is 0.617. The zero-order chi connectivity index (χ0) is 10.9. The van der Waals surface area contributed by atoms with E-state index in [1.165, 1.54) is 6.42 Å². The van der Waals surface area contributed by atoms with Crippen molar-refractivity contribution in [1.82, 2.24) is 20.8 Å². The third-order valence-electron chi connectivity index (χ3n) is 1.87. The molecule has 0 amide bonds. The van der Waals surface area contributed by atoms with Crippen LogP contribution in [0.1, 0.15) is 25.5 Å². The molecule has 0 atom stereocenters. The SMILES string of the molecule is CCCCNC(=S)NCc1cccnn1. The van der Waals surface area contributed by atoms with Crippen molar-refractivity contribution in [2.75, 3.05) is 6.54 Å². The minimum atomic E-state index is 0.617. The van der Waals surface area contributed by atoms with Crippen LogP contribution in [0.15, 0.2) is 18.3 Å². The quantitative estimate of drug-likeness (QED) is 0.582. The van der Waals surface area contributed by atoms with Crippen LogP contribution in [0.4, 0.5) is 0 Å². The molecule has 15 heavy (non-hydrogen) atoms. The molecule has 0 saturated heterocycles. The first-order valence-corrected chi connectivity index (χ1v) is 5.52. The Morgan fingerprint density at radius 3 is 3.00 bits per heavy atom. The van der Waals surface area contributed by atoms with Gasteiger partial charge in [0.25, 0.3) is 0 Å². The smallest absolute Gasteiger partial charge is 0.166 e. The van der Waals surface area contributed by atoms with E-state index in [2.05, 4.69) is 27.8 Å². The molecule has 0 aliphatic carbocycles. The van der Waals surface area contributed by atoms with Crippen molar-refractivity contribution in [3.05, 3.63) is 24.0 Å². The van der Waals surface area contributed by atoms with Gasteiger partial charge >= 0.3 is 0 Å². The van der Waals surface area contributed by atoms with Gasteiger partial charge in [-0.3, -0.25) is 0 Å². The number of hydrogen-bond acceptors (Lipinski definition) is 3. The van der Waals surface area contributed by atoms with E-state index in [0.717, 1.165) is 18.7 Å². The van der Waals surface area contributed by atoms with Crippen LogP contribution in [0.25, 0.3) is 0 Å². The molecule has 1 aromatic heterocycles. The van der Waals surface area contributed by atoms with E-state index < -0.39 is 0 Å². The van der Waals surface area contributed by atoms with Crippen LogP contribution in [-0.4, -0.2) is 21.9 Å². The first-order chi connectivity index (χ1) is 7.33. The standard InChI is InChI=1S/C10H16N4S/c1-2-3-6-11-10(15)12-8-9-5-4-7-13-14-9/h4-5,7H,2-3,6,8H2,1H3,(H2,11,12,15). The lowest BCUT2D eigenvalue weighted by Gasteiger charge is -2.08. The van der Waals surface area contributed by atoms with Crippen molar-refractivity contribution in [3.63, 3.8) is 0 Å². The Kier molecular flexibility index (Phi) is 5.62. The third kappa shape index (κ3) is 5.27. The molecule has 82 valence electrons. The highest BCUT2D eigenvalue weighted by molar-refractivity contribution is 7.80. The van der Waals surface area contributed by atoms with Crippen molar-refractivity contribution < 1.29 is 0 Å². The molecule has 5 heteroatoms. The van der Waals surface area contributed by atoms with Crippen LogP contribution >= 0.6 is 12.2 Å². The van der Waals surface area contributed by atoms with Crippen LogP contribution in [0, 0.1) is 0 Å². The van der Waals surface area contributed by atoms with Crippen molar-refractivity contribution in [2.24, 2.45) is 0 Å². The molecule has 1 aromatic rings. The Labute approximate surface area is 95.5 Å². The zero-order valence-corrected chi connectivity index (χ0v) is 9.68. The number of hydrogen-bond donors (Lipinski definition) is 2. The summed E-state index contributed by atoms with van der Waals surface area (Å²) in [5.74, 6) is 0. The molecule has 2 N–H and O–H groups in total. The topological polar surface area (TPSA) is 49.8 Å². The maximum absolute atomic E-state index is 5.10. The molecular formula is C10H16N4S. The monoisotopic (exact) mass is 224 g/mol. The van der Waals surface area contributed by atoms with Crippen LogP contribution in [0.5, 0.6) is 0 Å². The lowest BCUT2D eigenvalue weighted by molar-refractivity contribution is 0.733. The Bertz CT molecular complexity index is 289. The van der Waals surface area contributed by atoms with E-state index in [4.69, 9.17) is 12.2 Å². The van der Waals surface area contributed by atoms with E-state index in [9.17, 15) is 0 Å². The Morgan fingerprint density at radius 1 is 1.47 bits per heavy atom. The molecule has 0 radical (unpaired) electrons. The third-order valence-corrected chi connectivity index (χ3v) is 2.16. The van der Waals surface area contributed by atoms with Gasteiger partial charge in [-0.25, -0.2) is 0 Å². The summed E-state index contributed by atoms with van der Waals surface area (Å²) in [6.45, 7) is 3.69. The molecular weight excluding hydrogens is 208 g/mol. The fraction of sp³-hybridized carbons (Fsp3) is 0.500. The Hall–Kier alpha value is -1.23. The highest BCUT2D eigenvalue weighted by atomic mass is 32.1. The number of thiocarbonyl (C=S) groups is 1. The van der Waals surface area contributed by atoms with Crippen molar-refractivity contribution >= 4 is 17.3 Å².